The van der Waals surface area contributed by atoms with Crippen molar-refractivity contribution in [3.63, 3.8) is 0 Å². The summed E-state index contributed by atoms with van der Waals surface area (Å²) in [5, 5.41) is 12.1. The Morgan fingerprint density at radius 1 is 1.29 bits per heavy atom. The van der Waals surface area contributed by atoms with E-state index in [0.717, 1.165) is 38.3 Å². The lowest BCUT2D eigenvalue weighted by Crippen LogP contribution is -2.24. The molecule has 1 rings (SSSR count). The largest absolute Gasteiger partial charge is 0.494 e. The summed E-state index contributed by atoms with van der Waals surface area (Å²) < 4.78 is 5.58. The van der Waals surface area contributed by atoms with Gasteiger partial charge in [-0.05, 0) is 44.0 Å². The fraction of sp³-hybridized carbons (Fsp3) is 0.571. The first-order chi connectivity index (χ1) is 8.33. The molecule has 0 saturated carbocycles. The number of nitrogens with one attached hydrogen (secondary N) is 1. The van der Waals surface area contributed by atoms with Gasteiger partial charge in [-0.25, -0.2) is 0 Å². The highest BCUT2D eigenvalue weighted by atomic mass is 16.5. The molecule has 1 aromatic rings. The fourth-order valence-corrected chi connectivity index (χ4v) is 1.57. The van der Waals surface area contributed by atoms with Crippen LogP contribution in [0.15, 0.2) is 30.3 Å². The Morgan fingerprint density at radius 2 is 2.06 bits per heavy atom. The molecule has 1 atom stereocenters. The molecule has 0 bridgehead atoms. The van der Waals surface area contributed by atoms with Crippen LogP contribution >= 0.6 is 0 Å². The lowest BCUT2D eigenvalue weighted by Gasteiger charge is -2.11. The predicted molar refractivity (Wildman–Crippen MR) is 70.3 cm³/mol. The highest BCUT2D eigenvalue weighted by Crippen LogP contribution is 2.08. The lowest BCUT2D eigenvalue weighted by atomic mass is 10.1. The SMILES string of the molecule is CC(CCO)CNCCCOc1ccccc1. The number of hydrogen-bond acceptors (Lipinski definition) is 3. The molecule has 0 radical (unpaired) electrons. The molecular weight excluding hydrogens is 214 g/mol. The van der Waals surface area contributed by atoms with Crippen LogP contribution in [-0.2, 0) is 0 Å². The molecule has 3 nitrogen and oxygen atoms in total. The highest BCUT2D eigenvalue weighted by molar-refractivity contribution is 5.20. The standard InChI is InChI=1S/C14H23NO2/c1-13(8-10-16)12-15-9-5-11-17-14-6-3-2-4-7-14/h2-4,6-7,13,15-16H,5,8-12H2,1H3. The summed E-state index contributed by atoms with van der Waals surface area (Å²) in [6.45, 7) is 5.09. The molecule has 0 aliphatic heterocycles. The van der Waals surface area contributed by atoms with Crippen molar-refractivity contribution in [2.24, 2.45) is 5.92 Å². The summed E-state index contributed by atoms with van der Waals surface area (Å²) in [5.74, 6) is 1.47. The van der Waals surface area contributed by atoms with Crippen LogP contribution in [-0.4, -0.2) is 31.4 Å². The quantitative estimate of drug-likeness (QED) is 0.646. The van der Waals surface area contributed by atoms with Crippen LogP contribution in [0.3, 0.4) is 0 Å². The summed E-state index contributed by atoms with van der Waals surface area (Å²) in [6.07, 6.45) is 1.87. The molecular formula is C14H23NO2. The molecule has 17 heavy (non-hydrogen) atoms. The zero-order valence-electron chi connectivity index (χ0n) is 10.6. The Bertz CT molecular complexity index is 277. The number of ether oxygens (including phenoxy) is 1. The normalized spacial score (nSPS) is 12.4. The van der Waals surface area contributed by atoms with Gasteiger partial charge in [0.05, 0.1) is 6.61 Å². The average molecular weight is 237 g/mol. The molecule has 0 fully saturated rings. The van der Waals surface area contributed by atoms with Crippen LogP contribution in [0, 0.1) is 5.92 Å². The van der Waals surface area contributed by atoms with E-state index in [1.807, 2.05) is 30.3 Å². The smallest absolute Gasteiger partial charge is 0.119 e. The van der Waals surface area contributed by atoms with Gasteiger partial charge in [0, 0.05) is 6.61 Å². The molecule has 3 heteroatoms. The van der Waals surface area contributed by atoms with Crippen molar-refractivity contribution in [2.75, 3.05) is 26.3 Å². The minimum absolute atomic E-state index is 0.278. The first kappa shape index (κ1) is 14.0. The number of benzene rings is 1. The molecule has 0 amide bonds. The van der Waals surface area contributed by atoms with Crippen molar-refractivity contribution >= 4 is 0 Å². The third-order valence-corrected chi connectivity index (χ3v) is 2.62. The molecule has 2 N–H and O–H groups in total. The van der Waals surface area contributed by atoms with Gasteiger partial charge in [0.1, 0.15) is 5.75 Å². The number of hydrogen-bond donors (Lipinski definition) is 2. The van der Waals surface area contributed by atoms with E-state index in [4.69, 9.17) is 9.84 Å². The number of para-hydroxylation sites is 1. The monoisotopic (exact) mass is 237 g/mol. The van der Waals surface area contributed by atoms with Gasteiger partial charge in [-0.2, -0.15) is 0 Å². The summed E-state index contributed by atoms with van der Waals surface area (Å²) in [5.41, 5.74) is 0. The summed E-state index contributed by atoms with van der Waals surface area (Å²) >= 11 is 0. The number of rotatable bonds is 9. The lowest BCUT2D eigenvalue weighted by molar-refractivity contribution is 0.258. The third-order valence-electron chi connectivity index (χ3n) is 2.62. The van der Waals surface area contributed by atoms with Crippen molar-refractivity contribution < 1.29 is 9.84 Å². The first-order valence-corrected chi connectivity index (χ1v) is 6.32. The highest BCUT2D eigenvalue weighted by Gasteiger charge is 1.99. The van der Waals surface area contributed by atoms with Crippen LogP contribution < -0.4 is 10.1 Å². The Morgan fingerprint density at radius 3 is 2.76 bits per heavy atom. The molecule has 0 aliphatic rings. The van der Waals surface area contributed by atoms with E-state index < -0.39 is 0 Å². The van der Waals surface area contributed by atoms with Gasteiger partial charge in [0.25, 0.3) is 0 Å². The van der Waals surface area contributed by atoms with E-state index in [1.165, 1.54) is 0 Å². The van der Waals surface area contributed by atoms with E-state index >= 15 is 0 Å². The molecule has 0 heterocycles. The Kier molecular flexibility index (Phi) is 7.43. The number of aliphatic hydroxyl groups excluding tert-OH is 1. The molecule has 0 aliphatic carbocycles. The van der Waals surface area contributed by atoms with Crippen molar-refractivity contribution in [1.82, 2.24) is 5.32 Å². The van der Waals surface area contributed by atoms with E-state index in [2.05, 4.69) is 12.2 Å². The van der Waals surface area contributed by atoms with Gasteiger partial charge in [-0.15, -0.1) is 0 Å². The van der Waals surface area contributed by atoms with Gasteiger partial charge in [-0.3, -0.25) is 0 Å². The average Bonchev–Trinajstić information content (AvgIpc) is 2.35. The second-order valence-corrected chi connectivity index (χ2v) is 4.34. The summed E-state index contributed by atoms with van der Waals surface area (Å²) in [4.78, 5) is 0. The van der Waals surface area contributed by atoms with Crippen LogP contribution in [0.4, 0.5) is 0 Å². The van der Waals surface area contributed by atoms with Gasteiger partial charge in [0.15, 0.2) is 0 Å². The molecule has 0 aromatic heterocycles. The first-order valence-electron chi connectivity index (χ1n) is 6.32. The van der Waals surface area contributed by atoms with E-state index in [0.29, 0.717) is 5.92 Å². The second-order valence-electron chi connectivity index (χ2n) is 4.34. The fourth-order valence-electron chi connectivity index (χ4n) is 1.57. The Hall–Kier alpha value is -1.06. The van der Waals surface area contributed by atoms with E-state index in [-0.39, 0.29) is 6.61 Å². The van der Waals surface area contributed by atoms with Crippen LogP contribution in [0.1, 0.15) is 19.8 Å². The summed E-state index contributed by atoms with van der Waals surface area (Å²) in [6, 6.07) is 9.87. The van der Waals surface area contributed by atoms with E-state index in [1.54, 1.807) is 0 Å². The Balaban J connectivity index is 1.95. The van der Waals surface area contributed by atoms with Crippen molar-refractivity contribution in [1.29, 1.82) is 0 Å². The van der Waals surface area contributed by atoms with Crippen molar-refractivity contribution in [3.8, 4) is 5.75 Å². The third kappa shape index (κ3) is 6.97. The molecule has 1 unspecified atom stereocenters. The van der Waals surface area contributed by atoms with Gasteiger partial charge < -0.3 is 15.2 Å². The van der Waals surface area contributed by atoms with Crippen LogP contribution in [0.5, 0.6) is 5.75 Å². The van der Waals surface area contributed by atoms with Crippen LogP contribution in [0.2, 0.25) is 0 Å². The maximum Gasteiger partial charge on any atom is 0.119 e. The maximum absolute atomic E-state index is 8.76. The van der Waals surface area contributed by atoms with Crippen molar-refractivity contribution in [3.05, 3.63) is 30.3 Å². The van der Waals surface area contributed by atoms with E-state index in [9.17, 15) is 0 Å². The second kappa shape index (κ2) is 9.02. The predicted octanol–water partition coefficient (Wildman–Crippen LogP) is 2.06. The van der Waals surface area contributed by atoms with Crippen LogP contribution in [0.25, 0.3) is 0 Å². The Labute approximate surface area is 104 Å². The zero-order valence-corrected chi connectivity index (χ0v) is 10.6. The molecule has 0 saturated heterocycles. The van der Waals surface area contributed by atoms with Gasteiger partial charge in [-0.1, -0.05) is 25.1 Å². The van der Waals surface area contributed by atoms with Gasteiger partial charge in [0.2, 0.25) is 0 Å². The number of aliphatic hydroxyl groups is 1. The van der Waals surface area contributed by atoms with Crippen molar-refractivity contribution in [2.45, 2.75) is 19.8 Å². The molecule has 96 valence electrons. The maximum atomic E-state index is 8.76. The topological polar surface area (TPSA) is 41.5 Å². The minimum Gasteiger partial charge on any atom is -0.494 e. The summed E-state index contributed by atoms with van der Waals surface area (Å²) in [7, 11) is 0. The minimum atomic E-state index is 0.278. The van der Waals surface area contributed by atoms with Gasteiger partial charge >= 0.3 is 0 Å². The molecule has 1 aromatic carbocycles. The molecule has 0 spiro atoms. The zero-order chi connectivity index (χ0) is 12.3.